The van der Waals surface area contributed by atoms with Gasteiger partial charge >= 0.3 is 11.9 Å². The summed E-state index contributed by atoms with van der Waals surface area (Å²) < 4.78 is 16.5. The van der Waals surface area contributed by atoms with Gasteiger partial charge in [-0.1, -0.05) is 6.92 Å². The highest BCUT2D eigenvalue weighted by molar-refractivity contribution is 5.87. The van der Waals surface area contributed by atoms with E-state index in [1.54, 1.807) is 6.08 Å². The largest absolute Gasteiger partial charge is 0.458 e. The Morgan fingerprint density at radius 3 is 2.90 bits per heavy atom. The number of cyclic esters (lactones) is 1. The quantitative estimate of drug-likeness (QED) is 0.494. The third kappa shape index (κ3) is 1.19. The second-order valence-corrected chi connectivity index (χ2v) is 7.20. The summed E-state index contributed by atoms with van der Waals surface area (Å²) in [5.41, 5.74) is 1.12. The van der Waals surface area contributed by atoms with Crippen molar-refractivity contribution in [3.63, 3.8) is 0 Å². The van der Waals surface area contributed by atoms with Gasteiger partial charge in [0.2, 0.25) is 0 Å². The average molecular weight is 288 g/mol. The Morgan fingerprint density at radius 1 is 1.29 bits per heavy atom. The van der Waals surface area contributed by atoms with E-state index < -0.39 is 5.41 Å². The maximum absolute atomic E-state index is 12.5. The Hall–Kier alpha value is -1.62. The minimum absolute atomic E-state index is 0.0285. The van der Waals surface area contributed by atoms with Gasteiger partial charge in [-0.05, 0) is 30.6 Å². The fourth-order valence-electron chi connectivity index (χ4n) is 5.23. The van der Waals surface area contributed by atoms with Gasteiger partial charge in [-0.15, -0.1) is 0 Å². The summed E-state index contributed by atoms with van der Waals surface area (Å²) in [5.74, 6) is -0.436. The van der Waals surface area contributed by atoms with Gasteiger partial charge < -0.3 is 14.2 Å². The Labute approximate surface area is 121 Å². The molecule has 6 atom stereocenters. The van der Waals surface area contributed by atoms with Gasteiger partial charge in [-0.25, -0.2) is 4.79 Å². The smallest absolute Gasteiger partial charge is 0.331 e. The molecule has 3 heterocycles. The highest BCUT2D eigenvalue weighted by Crippen LogP contribution is 2.68. The molecule has 0 aromatic carbocycles. The summed E-state index contributed by atoms with van der Waals surface area (Å²) in [6.45, 7) is 4.37. The standard InChI is InChI=1S/C16H16O5/c1-15-5-10-13(20-10)16(2)12(15)9(21-14(16)18)3-7-6-19-11(17)4-8(7)15/h3-4,9-10,12-13H,5-6H2,1-2H3. The van der Waals surface area contributed by atoms with Crippen LogP contribution in [0.25, 0.3) is 0 Å². The minimum Gasteiger partial charge on any atom is -0.458 e. The van der Waals surface area contributed by atoms with Gasteiger partial charge in [0.05, 0.1) is 6.10 Å². The molecule has 5 heteroatoms. The van der Waals surface area contributed by atoms with Gasteiger partial charge in [-0.3, -0.25) is 4.79 Å². The highest BCUT2D eigenvalue weighted by atomic mass is 16.6. The second kappa shape index (κ2) is 3.24. The maximum Gasteiger partial charge on any atom is 0.331 e. The average Bonchev–Trinajstić information content (AvgIpc) is 3.13. The van der Waals surface area contributed by atoms with Crippen molar-refractivity contribution in [1.29, 1.82) is 0 Å². The zero-order chi connectivity index (χ0) is 14.6. The van der Waals surface area contributed by atoms with Crippen molar-refractivity contribution in [2.24, 2.45) is 16.7 Å². The molecule has 3 fully saturated rings. The molecule has 2 saturated heterocycles. The first-order valence-corrected chi connectivity index (χ1v) is 7.41. The Bertz CT molecular complexity index is 662. The van der Waals surface area contributed by atoms with Crippen LogP contribution >= 0.6 is 0 Å². The van der Waals surface area contributed by atoms with E-state index in [9.17, 15) is 9.59 Å². The van der Waals surface area contributed by atoms with Crippen LogP contribution in [0.15, 0.2) is 23.3 Å². The van der Waals surface area contributed by atoms with E-state index in [0.29, 0.717) is 0 Å². The van der Waals surface area contributed by atoms with Crippen molar-refractivity contribution in [2.45, 2.75) is 38.6 Å². The number of hydrogen-bond acceptors (Lipinski definition) is 5. The number of rotatable bonds is 0. The third-order valence-electron chi connectivity index (χ3n) is 6.10. The zero-order valence-electron chi connectivity index (χ0n) is 11.9. The van der Waals surface area contributed by atoms with E-state index in [-0.39, 0.29) is 48.2 Å². The van der Waals surface area contributed by atoms with E-state index in [2.05, 4.69) is 6.92 Å². The summed E-state index contributed by atoms with van der Waals surface area (Å²) in [7, 11) is 0. The Kier molecular flexibility index (Phi) is 1.85. The molecule has 6 unspecified atom stereocenters. The molecule has 0 aromatic heterocycles. The van der Waals surface area contributed by atoms with Crippen LogP contribution in [0.3, 0.4) is 0 Å². The Balaban J connectivity index is 1.75. The van der Waals surface area contributed by atoms with Crippen molar-refractivity contribution in [3.8, 4) is 0 Å². The lowest BCUT2D eigenvalue weighted by Gasteiger charge is -2.50. The SMILES string of the molecule is CC12CC3OC3C3(C)C(=O)OC(C=C4COC(=O)C=C41)C23. The lowest BCUT2D eigenvalue weighted by atomic mass is 9.50. The molecule has 0 amide bonds. The van der Waals surface area contributed by atoms with E-state index in [1.807, 2.05) is 13.0 Å². The maximum atomic E-state index is 12.5. The fourth-order valence-corrected chi connectivity index (χ4v) is 5.23. The van der Waals surface area contributed by atoms with Crippen LogP contribution in [0.2, 0.25) is 0 Å². The van der Waals surface area contributed by atoms with Crippen molar-refractivity contribution < 1.29 is 23.8 Å². The van der Waals surface area contributed by atoms with Gasteiger partial charge in [0.1, 0.15) is 24.2 Å². The van der Waals surface area contributed by atoms with Crippen LogP contribution in [0.5, 0.6) is 0 Å². The highest BCUT2D eigenvalue weighted by Gasteiger charge is 2.75. The molecule has 0 spiro atoms. The molecule has 0 bridgehead atoms. The molecule has 0 N–H and O–H groups in total. The molecule has 5 rings (SSSR count). The molecule has 110 valence electrons. The van der Waals surface area contributed by atoms with Crippen molar-refractivity contribution >= 4 is 11.9 Å². The molecule has 2 aliphatic carbocycles. The summed E-state index contributed by atoms with van der Waals surface area (Å²) >= 11 is 0. The number of hydrogen-bond donors (Lipinski definition) is 0. The van der Waals surface area contributed by atoms with Gasteiger partial charge in [0, 0.05) is 17.4 Å². The summed E-state index contributed by atoms with van der Waals surface area (Å²) in [5, 5.41) is 0. The Morgan fingerprint density at radius 2 is 2.10 bits per heavy atom. The van der Waals surface area contributed by atoms with E-state index >= 15 is 0 Å². The minimum atomic E-state index is -0.605. The third-order valence-corrected chi connectivity index (χ3v) is 6.10. The number of carbonyl (C=O) groups is 2. The normalized spacial score (nSPS) is 52.7. The topological polar surface area (TPSA) is 65.1 Å². The van der Waals surface area contributed by atoms with Gasteiger partial charge in [0.15, 0.2) is 0 Å². The zero-order valence-corrected chi connectivity index (χ0v) is 11.9. The van der Waals surface area contributed by atoms with Crippen molar-refractivity contribution in [2.75, 3.05) is 6.61 Å². The number of carbonyl (C=O) groups excluding carboxylic acids is 2. The van der Waals surface area contributed by atoms with Crippen LogP contribution in [0.4, 0.5) is 0 Å². The van der Waals surface area contributed by atoms with Gasteiger partial charge in [-0.2, -0.15) is 0 Å². The lowest BCUT2D eigenvalue weighted by molar-refractivity contribution is -0.148. The summed E-state index contributed by atoms with van der Waals surface area (Å²) in [6, 6.07) is 0. The molecule has 0 aromatic rings. The number of esters is 2. The van der Waals surface area contributed by atoms with E-state index in [0.717, 1.165) is 17.6 Å². The lowest BCUT2D eigenvalue weighted by Crippen LogP contribution is -2.53. The first-order chi connectivity index (χ1) is 9.94. The fraction of sp³-hybridized carbons (Fsp3) is 0.625. The van der Waals surface area contributed by atoms with Crippen LogP contribution in [0.1, 0.15) is 20.3 Å². The summed E-state index contributed by atoms with van der Waals surface area (Å²) in [6.07, 6.45) is 4.23. The molecule has 0 radical (unpaired) electrons. The molecule has 21 heavy (non-hydrogen) atoms. The van der Waals surface area contributed by atoms with Crippen LogP contribution in [0, 0.1) is 16.7 Å². The molecule has 3 aliphatic heterocycles. The summed E-state index contributed by atoms with van der Waals surface area (Å²) in [4.78, 5) is 24.2. The van der Waals surface area contributed by atoms with Crippen LogP contribution < -0.4 is 0 Å². The second-order valence-electron chi connectivity index (χ2n) is 7.20. The number of fused-ring (bicyclic) bond motifs is 4. The monoisotopic (exact) mass is 288 g/mol. The van der Waals surface area contributed by atoms with E-state index in [4.69, 9.17) is 14.2 Å². The molecule has 5 aliphatic rings. The van der Waals surface area contributed by atoms with Crippen molar-refractivity contribution in [1.82, 2.24) is 0 Å². The molecule has 5 nitrogen and oxygen atoms in total. The number of ether oxygens (including phenoxy) is 3. The van der Waals surface area contributed by atoms with E-state index in [1.165, 1.54) is 0 Å². The number of epoxide rings is 1. The first kappa shape index (κ1) is 12.0. The molecular weight excluding hydrogens is 272 g/mol. The molecular formula is C16H16O5. The first-order valence-electron chi connectivity index (χ1n) is 7.41. The van der Waals surface area contributed by atoms with Crippen molar-refractivity contribution in [3.05, 3.63) is 23.3 Å². The predicted octanol–water partition coefficient (Wildman–Crippen LogP) is 1.13. The van der Waals surface area contributed by atoms with Gasteiger partial charge in [0.25, 0.3) is 0 Å². The molecule has 1 saturated carbocycles. The predicted molar refractivity (Wildman–Crippen MR) is 70.0 cm³/mol. The van der Waals surface area contributed by atoms with Crippen LogP contribution in [-0.4, -0.2) is 36.9 Å². The van der Waals surface area contributed by atoms with Crippen LogP contribution in [-0.2, 0) is 23.8 Å².